The second-order valence-electron chi connectivity index (χ2n) is 3.55. The predicted octanol–water partition coefficient (Wildman–Crippen LogP) is 2.46. The molecule has 0 unspecified atom stereocenters. The number of halogens is 1. The van der Waals surface area contributed by atoms with E-state index in [4.69, 9.17) is 0 Å². The third kappa shape index (κ3) is 4.33. The molecule has 84 valence electrons. The summed E-state index contributed by atoms with van der Waals surface area (Å²) in [5.41, 5.74) is 2.69. The summed E-state index contributed by atoms with van der Waals surface area (Å²) in [5.74, 6) is 0. The number of nitrogens with one attached hydrogen (secondary N) is 2. The SMILES string of the molecule is CCNCCNCc1cccc(Br)c1C. The maximum atomic E-state index is 3.54. The molecule has 0 amide bonds. The minimum atomic E-state index is 0.941. The van der Waals surface area contributed by atoms with Gasteiger partial charge in [0, 0.05) is 24.1 Å². The van der Waals surface area contributed by atoms with Gasteiger partial charge in [0.05, 0.1) is 0 Å². The number of benzene rings is 1. The van der Waals surface area contributed by atoms with E-state index in [1.54, 1.807) is 0 Å². The lowest BCUT2D eigenvalue weighted by molar-refractivity contribution is 0.623. The highest BCUT2D eigenvalue weighted by Crippen LogP contribution is 2.18. The fourth-order valence-corrected chi connectivity index (χ4v) is 1.83. The number of rotatable bonds is 6. The molecular weight excluding hydrogens is 252 g/mol. The topological polar surface area (TPSA) is 24.1 Å². The van der Waals surface area contributed by atoms with E-state index in [0.717, 1.165) is 26.2 Å². The van der Waals surface area contributed by atoms with E-state index in [1.165, 1.54) is 15.6 Å². The Hall–Kier alpha value is -0.380. The minimum Gasteiger partial charge on any atom is -0.316 e. The molecular formula is C12H19BrN2. The lowest BCUT2D eigenvalue weighted by Gasteiger charge is -2.09. The van der Waals surface area contributed by atoms with Crippen molar-refractivity contribution in [3.05, 3.63) is 33.8 Å². The molecule has 2 nitrogen and oxygen atoms in total. The molecule has 0 aliphatic carbocycles. The van der Waals surface area contributed by atoms with Crippen molar-refractivity contribution in [3.8, 4) is 0 Å². The van der Waals surface area contributed by atoms with Crippen molar-refractivity contribution in [1.82, 2.24) is 10.6 Å². The van der Waals surface area contributed by atoms with Crippen LogP contribution in [0.3, 0.4) is 0 Å². The van der Waals surface area contributed by atoms with E-state index in [9.17, 15) is 0 Å². The van der Waals surface area contributed by atoms with Gasteiger partial charge in [-0.25, -0.2) is 0 Å². The van der Waals surface area contributed by atoms with Gasteiger partial charge < -0.3 is 10.6 Å². The van der Waals surface area contributed by atoms with Crippen LogP contribution in [0.25, 0.3) is 0 Å². The van der Waals surface area contributed by atoms with Crippen molar-refractivity contribution in [2.45, 2.75) is 20.4 Å². The van der Waals surface area contributed by atoms with Crippen LogP contribution >= 0.6 is 15.9 Å². The Labute approximate surface area is 101 Å². The van der Waals surface area contributed by atoms with E-state index in [2.05, 4.69) is 58.6 Å². The first kappa shape index (κ1) is 12.7. The summed E-state index contributed by atoms with van der Waals surface area (Å²) >= 11 is 3.54. The van der Waals surface area contributed by atoms with Crippen LogP contribution in [0.4, 0.5) is 0 Å². The van der Waals surface area contributed by atoms with Crippen LogP contribution in [0, 0.1) is 6.92 Å². The third-order valence-electron chi connectivity index (χ3n) is 2.42. The molecule has 0 bridgehead atoms. The zero-order valence-corrected chi connectivity index (χ0v) is 11.0. The van der Waals surface area contributed by atoms with Gasteiger partial charge in [-0.3, -0.25) is 0 Å². The quantitative estimate of drug-likeness (QED) is 0.777. The first-order valence-electron chi connectivity index (χ1n) is 5.41. The molecule has 0 aliphatic rings. The van der Waals surface area contributed by atoms with Crippen molar-refractivity contribution in [2.75, 3.05) is 19.6 Å². The fraction of sp³-hybridized carbons (Fsp3) is 0.500. The minimum absolute atomic E-state index is 0.941. The van der Waals surface area contributed by atoms with Crippen LogP contribution in [-0.4, -0.2) is 19.6 Å². The van der Waals surface area contributed by atoms with Crippen molar-refractivity contribution < 1.29 is 0 Å². The molecule has 15 heavy (non-hydrogen) atoms. The lowest BCUT2D eigenvalue weighted by atomic mass is 10.1. The summed E-state index contributed by atoms with van der Waals surface area (Å²) in [5, 5.41) is 6.71. The van der Waals surface area contributed by atoms with Crippen LogP contribution in [0.5, 0.6) is 0 Å². The van der Waals surface area contributed by atoms with Crippen molar-refractivity contribution in [1.29, 1.82) is 0 Å². The highest BCUT2D eigenvalue weighted by molar-refractivity contribution is 9.10. The van der Waals surface area contributed by atoms with Crippen LogP contribution in [0.1, 0.15) is 18.1 Å². The molecule has 0 fully saturated rings. The standard InChI is InChI=1S/C12H19BrN2/c1-3-14-7-8-15-9-11-5-4-6-12(13)10(11)2/h4-6,14-15H,3,7-9H2,1-2H3. The van der Waals surface area contributed by atoms with E-state index in [0.29, 0.717) is 0 Å². The highest BCUT2D eigenvalue weighted by atomic mass is 79.9. The van der Waals surface area contributed by atoms with E-state index >= 15 is 0 Å². The lowest BCUT2D eigenvalue weighted by Crippen LogP contribution is -2.26. The van der Waals surface area contributed by atoms with Gasteiger partial charge in [0.1, 0.15) is 0 Å². The molecule has 0 heterocycles. The normalized spacial score (nSPS) is 10.6. The molecule has 1 aromatic carbocycles. The number of likely N-dealkylation sites (N-methyl/N-ethyl adjacent to an activating group) is 1. The van der Waals surface area contributed by atoms with E-state index in [-0.39, 0.29) is 0 Å². The van der Waals surface area contributed by atoms with Crippen molar-refractivity contribution >= 4 is 15.9 Å². The zero-order valence-electron chi connectivity index (χ0n) is 9.44. The largest absolute Gasteiger partial charge is 0.316 e. The van der Waals surface area contributed by atoms with Gasteiger partial charge in [-0.1, -0.05) is 35.0 Å². The summed E-state index contributed by atoms with van der Waals surface area (Å²) in [6, 6.07) is 6.33. The third-order valence-corrected chi connectivity index (χ3v) is 3.28. The number of hydrogen-bond acceptors (Lipinski definition) is 2. The Morgan fingerprint density at radius 3 is 2.67 bits per heavy atom. The molecule has 1 aromatic rings. The Morgan fingerprint density at radius 2 is 1.93 bits per heavy atom. The van der Waals surface area contributed by atoms with Crippen molar-refractivity contribution in [3.63, 3.8) is 0 Å². The summed E-state index contributed by atoms with van der Waals surface area (Å²) in [6.45, 7) is 8.29. The fourth-order valence-electron chi connectivity index (χ4n) is 1.42. The molecule has 0 saturated heterocycles. The van der Waals surface area contributed by atoms with Gasteiger partial charge in [0.25, 0.3) is 0 Å². The molecule has 3 heteroatoms. The average molecular weight is 271 g/mol. The van der Waals surface area contributed by atoms with Crippen LogP contribution < -0.4 is 10.6 Å². The molecule has 0 saturated carbocycles. The predicted molar refractivity (Wildman–Crippen MR) is 69.1 cm³/mol. The molecule has 0 aromatic heterocycles. The van der Waals surface area contributed by atoms with Crippen LogP contribution in [0.15, 0.2) is 22.7 Å². The van der Waals surface area contributed by atoms with Gasteiger partial charge in [0.15, 0.2) is 0 Å². The average Bonchev–Trinajstić information content (AvgIpc) is 2.24. The summed E-state index contributed by atoms with van der Waals surface area (Å²) < 4.78 is 1.19. The van der Waals surface area contributed by atoms with Gasteiger partial charge in [-0.2, -0.15) is 0 Å². The van der Waals surface area contributed by atoms with Crippen molar-refractivity contribution in [2.24, 2.45) is 0 Å². The summed E-state index contributed by atoms with van der Waals surface area (Å²) in [7, 11) is 0. The zero-order chi connectivity index (χ0) is 11.1. The number of hydrogen-bond donors (Lipinski definition) is 2. The van der Waals surface area contributed by atoms with Gasteiger partial charge >= 0.3 is 0 Å². The molecule has 0 aliphatic heterocycles. The highest BCUT2D eigenvalue weighted by Gasteiger charge is 2.00. The smallest absolute Gasteiger partial charge is 0.0209 e. The van der Waals surface area contributed by atoms with E-state index < -0.39 is 0 Å². The van der Waals surface area contributed by atoms with Crippen LogP contribution in [0.2, 0.25) is 0 Å². The Morgan fingerprint density at radius 1 is 1.20 bits per heavy atom. The second-order valence-corrected chi connectivity index (χ2v) is 4.41. The molecule has 0 radical (unpaired) electrons. The van der Waals surface area contributed by atoms with Gasteiger partial charge in [-0.05, 0) is 30.7 Å². The molecule has 0 atom stereocenters. The summed E-state index contributed by atoms with van der Waals surface area (Å²) in [6.07, 6.45) is 0. The summed E-state index contributed by atoms with van der Waals surface area (Å²) in [4.78, 5) is 0. The monoisotopic (exact) mass is 270 g/mol. The first-order valence-corrected chi connectivity index (χ1v) is 6.20. The maximum Gasteiger partial charge on any atom is 0.0209 e. The Balaban J connectivity index is 2.34. The van der Waals surface area contributed by atoms with Crippen LogP contribution in [-0.2, 0) is 6.54 Å². The Kier molecular flexibility index (Phi) is 5.91. The van der Waals surface area contributed by atoms with Gasteiger partial charge in [0.2, 0.25) is 0 Å². The molecule has 0 spiro atoms. The Bertz CT molecular complexity index is 300. The first-order chi connectivity index (χ1) is 7.25. The maximum absolute atomic E-state index is 3.54. The second kappa shape index (κ2) is 6.99. The van der Waals surface area contributed by atoms with E-state index in [1.807, 2.05) is 0 Å². The molecule has 2 N–H and O–H groups in total. The molecule has 1 rings (SSSR count). The van der Waals surface area contributed by atoms with Gasteiger partial charge in [-0.15, -0.1) is 0 Å².